The van der Waals surface area contributed by atoms with Crippen molar-refractivity contribution in [1.82, 2.24) is 4.90 Å². The highest BCUT2D eigenvalue weighted by molar-refractivity contribution is 5.71. The monoisotopic (exact) mass is 276 g/mol. The number of nitriles is 1. The van der Waals surface area contributed by atoms with Gasteiger partial charge in [-0.25, -0.2) is 4.39 Å². The van der Waals surface area contributed by atoms with E-state index in [4.69, 9.17) is 10.00 Å². The van der Waals surface area contributed by atoms with Crippen molar-refractivity contribution in [2.24, 2.45) is 0 Å². The zero-order chi connectivity index (χ0) is 14.5. The molecule has 1 aliphatic rings. The first-order valence-electron chi connectivity index (χ1n) is 6.71. The van der Waals surface area contributed by atoms with Gasteiger partial charge in [0, 0.05) is 12.6 Å². The molecular formula is C15H17FN2O2. The molecule has 0 amide bonds. The van der Waals surface area contributed by atoms with Crippen molar-refractivity contribution in [2.45, 2.75) is 32.4 Å². The molecule has 1 aromatic carbocycles. The fourth-order valence-corrected chi connectivity index (χ4v) is 2.17. The van der Waals surface area contributed by atoms with Crippen LogP contribution < -0.4 is 0 Å². The molecular weight excluding hydrogens is 259 g/mol. The lowest BCUT2D eigenvalue weighted by atomic mass is 10.1. The van der Waals surface area contributed by atoms with Crippen LogP contribution in [0, 0.1) is 17.1 Å². The Morgan fingerprint density at radius 3 is 2.85 bits per heavy atom. The second-order valence-electron chi connectivity index (χ2n) is 4.90. The normalized spacial score (nSPS) is 14.1. The molecule has 0 saturated heterocycles. The van der Waals surface area contributed by atoms with Gasteiger partial charge in [0.05, 0.1) is 24.8 Å². The van der Waals surface area contributed by atoms with Gasteiger partial charge in [-0.2, -0.15) is 5.26 Å². The summed E-state index contributed by atoms with van der Waals surface area (Å²) in [6, 6.07) is 6.56. The van der Waals surface area contributed by atoms with E-state index in [1.807, 2.05) is 11.0 Å². The molecule has 0 aromatic heterocycles. The highest BCUT2D eigenvalue weighted by Gasteiger charge is 2.30. The van der Waals surface area contributed by atoms with Gasteiger partial charge in [-0.3, -0.25) is 9.69 Å². The molecule has 4 nitrogen and oxygen atoms in total. The Labute approximate surface area is 117 Å². The van der Waals surface area contributed by atoms with Crippen LogP contribution in [0.4, 0.5) is 4.39 Å². The lowest BCUT2D eigenvalue weighted by molar-refractivity contribution is -0.144. The van der Waals surface area contributed by atoms with Crippen LogP contribution in [0.25, 0.3) is 0 Å². The van der Waals surface area contributed by atoms with Crippen molar-refractivity contribution in [2.75, 3.05) is 13.2 Å². The lowest BCUT2D eigenvalue weighted by Crippen LogP contribution is -2.32. The number of rotatable bonds is 6. The summed E-state index contributed by atoms with van der Waals surface area (Å²) in [7, 11) is 0. The Morgan fingerprint density at radius 2 is 2.25 bits per heavy atom. The summed E-state index contributed by atoms with van der Waals surface area (Å²) in [5.74, 6) is -0.692. The summed E-state index contributed by atoms with van der Waals surface area (Å²) in [4.78, 5) is 13.6. The number of hydrogen-bond donors (Lipinski definition) is 0. The summed E-state index contributed by atoms with van der Waals surface area (Å²) in [6.07, 6.45) is 2.08. The maximum Gasteiger partial charge on any atom is 0.320 e. The van der Waals surface area contributed by atoms with E-state index < -0.39 is 5.82 Å². The maximum atomic E-state index is 13.4. The maximum absolute atomic E-state index is 13.4. The number of ether oxygens (including phenoxy) is 1. The van der Waals surface area contributed by atoms with Crippen molar-refractivity contribution < 1.29 is 13.9 Å². The van der Waals surface area contributed by atoms with Crippen LogP contribution in [-0.4, -0.2) is 30.1 Å². The quantitative estimate of drug-likeness (QED) is 0.748. The van der Waals surface area contributed by atoms with Crippen LogP contribution in [-0.2, 0) is 16.1 Å². The first kappa shape index (κ1) is 14.5. The summed E-state index contributed by atoms with van der Waals surface area (Å²) >= 11 is 0. The van der Waals surface area contributed by atoms with Crippen molar-refractivity contribution >= 4 is 5.97 Å². The highest BCUT2D eigenvalue weighted by Crippen LogP contribution is 2.28. The van der Waals surface area contributed by atoms with Crippen LogP contribution in [0.15, 0.2) is 18.2 Å². The second-order valence-corrected chi connectivity index (χ2v) is 4.90. The molecule has 1 aliphatic carbocycles. The first-order valence-corrected chi connectivity index (χ1v) is 6.71. The molecule has 2 rings (SSSR count). The summed E-state index contributed by atoms with van der Waals surface area (Å²) in [5.41, 5.74) is 1.00. The largest absolute Gasteiger partial charge is 0.465 e. The fourth-order valence-electron chi connectivity index (χ4n) is 2.17. The van der Waals surface area contributed by atoms with E-state index in [-0.39, 0.29) is 12.5 Å². The van der Waals surface area contributed by atoms with Crippen molar-refractivity contribution in [3.05, 3.63) is 35.1 Å². The predicted octanol–water partition coefficient (Wildman–Crippen LogP) is 2.22. The third-order valence-electron chi connectivity index (χ3n) is 3.17. The van der Waals surface area contributed by atoms with E-state index in [1.165, 1.54) is 12.1 Å². The van der Waals surface area contributed by atoms with E-state index >= 15 is 0 Å². The molecule has 0 radical (unpaired) electrons. The third kappa shape index (κ3) is 4.04. The van der Waals surface area contributed by atoms with Crippen LogP contribution in [0.1, 0.15) is 30.9 Å². The van der Waals surface area contributed by atoms with Gasteiger partial charge in [-0.05, 0) is 43.5 Å². The van der Waals surface area contributed by atoms with Gasteiger partial charge in [0.15, 0.2) is 0 Å². The number of nitrogens with zero attached hydrogens (tertiary/aromatic N) is 2. The average Bonchev–Trinajstić information content (AvgIpc) is 3.21. The van der Waals surface area contributed by atoms with Gasteiger partial charge in [0.25, 0.3) is 0 Å². The van der Waals surface area contributed by atoms with Crippen LogP contribution >= 0.6 is 0 Å². The fraction of sp³-hybridized carbons (Fsp3) is 0.467. The van der Waals surface area contributed by atoms with Crippen LogP contribution in [0.5, 0.6) is 0 Å². The molecule has 1 saturated carbocycles. The molecule has 106 valence electrons. The van der Waals surface area contributed by atoms with Crippen molar-refractivity contribution in [3.63, 3.8) is 0 Å². The minimum Gasteiger partial charge on any atom is -0.465 e. The van der Waals surface area contributed by atoms with Crippen molar-refractivity contribution in [1.29, 1.82) is 5.26 Å². The molecule has 0 heterocycles. The van der Waals surface area contributed by atoms with Gasteiger partial charge < -0.3 is 4.74 Å². The summed E-state index contributed by atoms with van der Waals surface area (Å²) in [5, 5.41) is 8.85. The molecule has 1 aromatic rings. The molecule has 0 unspecified atom stereocenters. The molecule has 20 heavy (non-hydrogen) atoms. The number of hydrogen-bond acceptors (Lipinski definition) is 4. The van der Waals surface area contributed by atoms with E-state index in [0.717, 1.165) is 12.8 Å². The zero-order valence-electron chi connectivity index (χ0n) is 11.4. The zero-order valence-corrected chi connectivity index (χ0v) is 11.4. The van der Waals surface area contributed by atoms with E-state index in [0.29, 0.717) is 30.3 Å². The van der Waals surface area contributed by atoms with Gasteiger partial charge in [0.1, 0.15) is 5.82 Å². The number of halogens is 1. The molecule has 5 heteroatoms. The predicted molar refractivity (Wildman–Crippen MR) is 71.2 cm³/mol. The van der Waals surface area contributed by atoms with Crippen molar-refractivity contribution in [3.8, 4) is 6.07 Å². The second kappa shape index (κ2) is 6.49. The number of esters is 1. The Hall–Kier alpha value is -1.93. The SMILES string of the molecule is CCOC(=O)CN(Cc1cc(F)cc(C#N)c1)C1CC1. The third-order valence-corrected chi connectivity index (χ3v) is 3.17. The van der Waals surface area contributed by atoms with Gasteiger partial charge >= 0.3 is 5.97 Å². The number of carbonyl (C=O) groups is 1. The smallest absolute Gasteiger partial charge is 0.320 e. The van der Waals surface area contributed by atoms with E-state index in [9.17, 15) is 9.18 Å². The van der Waals surface area contributed by atoms with E-state index in [1.54, 1.807) is 13.0 Å². The van der Waals surface area contributed by atoms with Gasteiger partial charge in [-0.15, -0.1) is 0 Å². The molecule has 0 aliphatic heterocycles. The average molecular weight is 276 g/mol. The van der Waals surface area contributed by atoms with Gasteiger partial charge in [-0.1, -0.05) is 0 Å². The lowest BCUT2D eigenvalue weighted by Gasteiger charge is -2.21. The molecule has 0 bridgehead atoms. The van der Waals surface area contributed by atoms with Crippen LogP contribution in [0.3, 0.4) is 0 Å². The first-order chi connectivity index (χ1) is 9.62. The summed E-state index contributed by atoms with van der Waals surface area (Å²) < 4.78 is 18.4. The molecule has 0 N–H and O–H groups in total. The van der Waals surface area contributed by atoms with Gasteiger partial charge in [0.2, 0.25) is 0 Å². The minimum atomic E-state index is -0.425. The standard InChI is InChI=1S/C15H17FN2O2/c1-2-20-15(19)10-18(14-3-4-14)9-12-5-11(8-17)6-13(16)7-12/h5-7,14H,2-4,9-10H2,1H3. The Balaban J connectivity index is 2.06. The molecule has 0 spiro atoms. The summed E-state index contributed by atoms with van der Waals surface area (Å²) in [6.45, 7) is 2.79. The number of benzene rings is 1. The Kier molecular flexibility index (Phi) is 4.70. The topological polar surface area (TPSA) is 53.3 Å². The Bertz CT molecular complexity index is 535. The minimum absolute atomic E-state index is 0.205. The molecule has 0 atom stereocenters. The van der Waals surface area contributed by atoms with Crippen LogP contribution in [0.2, 0.25) is 0 Å². The number of carbonyl (C=O) groups excluding carboxylic acids is 1. The Morgan fingerprint density at radius 1 is 1.50 bits per heavy atom. The highest BCUT2D eigenvalue weighted by atomic mass is 19.1. The van der Waals surface area contributed by atoms with E-state index in [2.05, 4.69) is 0 Å². The molecule has 1 fully saturated rings.